The highest BCUT2D eigenvalue weighted by atomic mass is 32.2. The minimum Gasteiger partial charge on any atom is -0.495 e. The molecule has 1 aromatic heterocycles. The number of ether oxygens (including phenoxy) is 2. The number of aromatic carboxylic acids is 1. The molecule has 2 N–H and O–H groups in total. The maximum atomic E-state index is 12.3. The normalized spacial score (nSPS) is 11.2. The van der Waals surface area contributed by atoms with E-state index in [1.54, 1.807) is 48.5 Å². The summed E-state index contributed by atoms with van der Waals surface area (Å²) in [6.45, 7) is -0.661. The highest BCUT2D eigenvalue weighted by molar-refractivity contribution is 7.92. The number of benzene rings is 3. The number of aliphatic hydroxyl groups is 1. The predicted molar refractivity (Wildman–Crippen MR) is 136 cm³/mol. The first-order valence-electron chi connectivity index (χ1n) is 10.9. The lowest BCUT2D eigenvalue weighted by Gasteiger charge is -2.23. The van der Waals surface area contributed by atoms with E-state index in [0.29, 0.717) is 22.6 Å². The Labute approximate surface area is 212 Å². The smallest absolute Gasteiger partial charge is 0.340 e. The van der Waals surface area contributed by atoms with Crippen molar-refractivity contribution < 1.29 is 37.3 Å². The molecule has 37 heavy (non-hydrogen) atoms. The molecular weight excluding hydrogens is 500 g/mol. The van der Waals surface area contributed by atoms with Crippen LogP contribution in [0.1, 0.15) is 15.9 Å². The SMILES string of the molecule is COc1cc2c(C(=O)O)c(-c3ccc(Oc4cccc(C#N)c4)cc3)oc2cc1N(CCO)S(C)(=O)=O. The summed E-state index contributed by atoms with van der Waals surface area (Å²) < 4.78 is 42.7. The van der Waals surface area contributed by atoms with Gasteiger partial charge < -0.3 is 24.1 Å². The van der Waals surface area contributed by atoms with E-state index in [1.807, 2.05) is 6.07 Å². The molecule has 190 valence electrons. The van der Waals surface area contributed by atoms with Gasteiger partial charge in [-0.2, -0.15) is 5.26 Å². The van der Waals surface area contributed by atoms with Gasteiger partial charge in [-0.05, 0) is 48.5 Å². The molecule has 0 aliphatic rings. The Bertz CT molecular complexity index is 1620. The summed E-state index contributed by atoms with van der Waals surface area (Å²) in [6, 6.07) is 18.0. The van der Waals surface area contributed by atoms with Gasteiger partial charge in [0.1, 0.15) is 34.2 Å². The highest BCUT2D eigenvalue weighted by Crippen LogP contribution is 2.41. The minimum atomic E-state index is -3.78. The quantitative estimate of drug-likeness (QED) is 0.329. The van der Waals surface area contributed by atoms with E-state index in [0.717, 1.165) is 10.6 Å². The number of fused-ring (bicyclic) bond motifs is 1. The van der Waals surface area contributed by atoms with Crippen LogP contribution in [0.2, 0.25) is 0 Å². The van der Waals surface area contributed by atoms with Gasteiger partial charge in [-0.1, -0.05) is 6.07 Å². The summed E-state index contributed by atoms with van der Waals surface area (Å²) in [5.41, 5.74) is 1.01. The van der Waals surface area contributed by atoms with Gasteiger partial charge in [0.25, 0.3) is 0 Å². The molecule has 0 fully saturated rings. The molecule has 0 bridgehead atoms. The number of carboxylic acids is 1. The number of rotatable bonds is 9. The molecule has 0 aliphatic carbocycles. The molecule has 3 aromatic carbocycles. The van der Waals surface area contributed by atoms with Crippen molar-refractivity contribution in [3.05, 3.63) is 71.8 Å². The van der Waals surface area contributed by atoms with Gasteiger partial charge in [0.15, 0.2) is 0 Å². The fourth-order valence-electron chi connectivity index (χ4n) is 3.88. The molecule has 4 aromatic rings. The molecule has 0 unspecified atom stereocenters. The molecule has 0 atom stereocenters. The molecule has 0 radical (unpaired) electrons. The van der Waals surface area contributed by atoms with Crippen molar-refractivity contribution in [1.29, 1.82) is 5.26 Å². The Kier molecular flexibility index (Phi) is 7.06. The van der Waals surface area contributed by atoms with E-state index >= 15 is 0 Å². The van der Waals surface area contributed by atoms with E-state index in [4.69, 9.17) is 19.2 Å². The van der Waals surface area contributed by atoms with Crippen molar-refractivity contribution in [2.24, 2.45) is 0 Å². The summed E-state index contributed by atoms with van der Waals surface area (Å²) in [7, 11) is -2.45. The molecule has 10 nitrogen and oxygen atoms in total. The van der Waals surface area contributed by atoms with Crippen molar-refractivity contribution in [2.75, 3.05) is 30.8 Å². The van der Waals surface area contributed by atoms with E-state index in [9.17, 15) is 23.4 Å². The second kappa shape index (κ2) is 10.2. The van der Waals surface area contributed by atoms with Gasteiger partial charge >= 0.3 is 5.97 Å². The number of nitriles is 1. The standard InChI is InChI=1S/C26H22N2O8S/c1-34-23-13-20-22(14-21(23)28(10-11-29)37(2,32)33)36-25(24(20)26(30)31)17-6-8-18(9-7-17)35-19-5-3-4-16(12-19)15-27/h3-9,12-14,29H,10-11H2,1-2H3,(H,30,31). The molecule has 0 saturated carbocycles. The fraction of sp³-hybridized carbons (Fsp3) is 0.154. The molecule has 0 spiro atoms. The van der Waals surface area contributed by atoms with E-state index in [-0.39, 0.29) is 40.3 Å². The number of hydrogen-bond acceptors (Lipinski definition) is 8. The molecule has 4 rings (SSSR count). The van der Waals surface area contributed by atoms with Crippen LogP contribution in [0.4, 0.5) is 5.69 Å². The number of furan rings is 1. The summed E-state index contributed by atoms with van der Waals surface area (Å²) >= 11 is 0. The average Bonchev–Trinajstić information content (AvgIpc) is 3.25. The van der Waals surface area contributed by atoms with Gasteiger partial charge in [0.2, 0.25) is 10.0 Å². The summed E-state index contributed by atoms with van der Waals surface area (Å²) in [6.07, 6.45) is 0.989. The van der Waals surface area contributed by atoms with Crippen molar-refractivity contribution in [1.82, 2.24) is 0 Å². The van der Waals surface area contributed by atoms with Crippen molar-refractivity contribution in [2.45, 2.75) is 0 Å². The molecule has 0 amide bonds. The lowest BCUT2D eigenvalue weighted by molar-refractivity contribution is 0.0699. The lowest BCUT2D eigenvalue weighted by atomic mass is 10.0. The monoisotopic (exact) mass is 522 g/mol. The van der Waals surface area contributed by atoms with Crippen LogP contribution in [0.15, 0.2) is 65.1 Å². The van der Waals surface area contributed by atoms with Gasteiger partial charge in [-0.25, -0.2) is 13.2 Å². The van der Waals surface area contributed by atoms with Crippen LogP contribution in [-0.2, 0) is 10.0 Å². The van der Waals surface area contributed by atoms with Crippen molar-refractivity contribution in [3.8, 4) is 34.6 Å². The largest absolute Gasteiger partial charge is 0.495 e. The van der Waals surface area contributed by atoms with Crippen LogP contribution in [0.25, 0.3) is 22.3 Å². The topological polar surface area (TPSA) is 150 Å². The van der Waals surface area contributed by atoms with Crippen molar-refractivity contribution in [3.63, 3.8) is 0 Å². The second-order valence-electron chi connectivity index (χ2n) is 7.96. The first-order chi connectivity index (χ1) is 17.7. The van der Waals surface area contributed by atoms with Gasteiger partial charge in [-0.15, -0.1) is 0 Å². The number of hydrogen-bond donors (Lipinski definition) is 2. The van der Waals surface area contributed by atoms with Crippen LogP contribution in [0.3, 0.4) is 0 Å². The number of anilines is 1. The Balaban J connectivity index is 1.79. The third kappa shape index (κ3) is 5.20. The highest BCUT2D eigenvalue weighted by Gasteiger charge is 2.27. The number of sulfonamides is 1. The number of aliphatic hydroxyl groups excluding tert-OH is 1. The van der Waals surface area contributed by atoms with Crippen LogP contribution in [-0.4, -0.2) is 51.1 Å². The number of carbonyl (C=O) groups is 1. The molecule has 11 heteroatoms. The van der Waals surface area contributed by atoms with Crippen LogP contribution in [0, 0.1) is 11.3 Å². The maximum Gasteiger partial charge on any atom is 0.340 e. The van der Waals surface area contributed by atoms with Gasteiger partial charge in [-0.3, -0.25) is 4.31 Å². The van der Waals surface area contributed by atoms with E-state index in [1.165, 1.54) is 19.2 Å². The van der Waals surface area contributed by atoms with E-state index < -0.39 is 22.6 Å². The summed E-state index contributed by atoms with van der Waals surface area (Å²) in [5, 5.41) is 28.6. The van der Waals surface area contributed by atoms with Crippen LogP contribution < -0.4 is 13.8 Å². The maximum absolute atomic E-state index is 12.3. The zero-order chi connectivity index (χ0) is 26.7. The molecular formula is C26H22N2O8S. The van der Waals surface area contributed by atoms with Crippen LogP contribution in [0.5, 0.6) is 17.2 Å². The fourth-order valence-corrected chi connectivity index (χ4v) is 4.79. The average molecular weight is 523 g/mol. The molecule has 0 aliphatic heterocycles. The minimum absolute atomic E-state index is 0.0628. The van der Waals surface area contributed by atoms with E-state index in [2.05, 4.69) is 0 Å². The zero-order valence-electron chi connectivity index (χ0n) is 19.8. The molecule has 1 heterocycles. The number of nitrogens with zero attached hydrogens (tertiary/aromatic N) is 2. The van der Waals surface area contributed by atoms with Crippen molar-refractivity contribution >= 4 is 32.6 Å². The van der Waals surface area contributed by atoms with Crippen LogP contribution >= 0.6 is 0 Å². The van der Waals surface area contributed by atoms with Gasteiger partial charge in [0, 0.05) is 17.0 Å². The lowest BCUT2D eigenvalue weighted by Crippen LogP contribution is -2.32. The Morgan fingerprint density at radius 1 is 1.11 bits per heavy atom. The predicted octanol–water partition coefficient (Wildman–Crippen LogP) is 4.23. The second-order valence-corrected chi connectivity index (χ2v) is 9.86. The summed E-state index contributed by atoms with van der Waals surface area (Å²) in [4.78, 5) is 12.2. The number of methoxy groups -OCH3 is 1. The third-order valence-corrected chi connectivity index (χ3v) is 6.67. The first kappa shape index (κ1) is 25.6. The summed E-state index contributed by atoms with van der Waals surface area (Å²) in [5.74, 6) is -0.145. The Morgan fingerprint density at radius 3 is 2.43 bits per heavy atom. The Morgan fingerprint density at radius 2 is 1.84 bits per heavy atom. The van der Waals surface area contributed by atoms with Gasteiger partial charge in [0.05, 0.1) is 43.8 Å². The number of carboxylic acid groups (broad SMARTS) is 1. The zero-order valence-corrected chi connectivity index (χ0v) is 20.7. The Hall–Kier alpha value is -4.53. The third-order valence-electron chi connectivity index (χ3n) is 5.49. The first-order valence-corrected chi connectivity index (χ1v) is 12.8. The molecule has 0 saturated heterocycles.